The van der Waals surface area contributed by atoms with Crippen LogP contribution in [0.5, 0.6) is 11.5 Å². The van der Waals surface area contributed by atoms with Gasteiger partial charge in [-0.1, -0.05) is 30.3 Å². The summed E-state index contributed by atoms with van der Waals surface area (Å²) in [5.74, 6) is 0.424. The number of fused-ring (bicyclic) bond motifs is 2. The van der Waals surface area contributed by atoms with E-state index in [1.807, 2.05) is 36.4 Å². The van der Waals surface area contributed by atoms with Crippen molar-refractivity contribution in [3.8, 4) is 11.5 Å². The maximum atomic E-state index is 13.1. The maximum absolute atomic E-state index is 13.1. The second kappa shape index (κ2) is 7.85. The monoisotopic (exact) mass is 435 g/mol. The highest BCUT2D eigenvalue weighted by Crippen LogP contribution is 2.33. The molecule has 1 fully saturated rings. The first kappa shape index (κ1) is 20.4. The van der Waals surface area contributed by atoms with Gasteiger partial charge in [0.15, 0.2) is 11.5 Å². The Labute approximate surface area is 185 Å². The molecular weight excluding hydrogens is 410 g/mol. The number of hydrogen-bond acceptors (Lipinski definition) is 5. The van der Waals surface area contributed by atoms with Crippen molar-refractivity contribution in [1.29, 1.82) is 0 Å². The number of urea groups is 1. The summed E-state index contributed by atoms with van der Waals surface area (Å²) in [6, 6.07) is 12.7. The maximum Gasteiger partial charge on any atom is 0.325 e. The average Bonchev–Trinajstić information content (AvgIpc) is 3.36. The van der Waals surface area contributed by atoms with Crippen molar-refractivity contribution < 1.29 is 23.9 Å². The normalized spacial score (nSPS) is 23.7. The van der Waals surface area contributed by atoms with Gasteiger partial charge in [-0.2, -0.15) is 0 Å². The second-order valence-electron chi connectivity index (χ2n) is 8.59. The molecule has 32 heavy (non-hydrogen) atoms. The van der Waals surface area contributed by atoms with Crippen LogP contribution < -0.4 is 20.1 Å². The van der Waals surface area contributed by atoms with Gasteiger partial charge >= 0.3 is 6.03 Å². The molecule has 3 aliphatic rings. The summed E-state index contributed by atoms with van der Waals surface area (Å²) in [7, 11) is 0. The van der Waals surface area contributed by atoms with Gasteiger partial charge in [-0.05, 0) is 55.0 Å². The molecule has 2 N–H and O–H groups in total. The number of ether oxygens (including phenoxy) is 2. The predicted octanol–water partition coefficient (Wildman–Crippen LogP) is 1.90. The molecular formula is C24H25N3O5. The van der Waals surface area contributed by atoms with E-state index in [4.69, 9.17) is 9.47 Å². The predicted molar refractivity (Wildman–Crippen MR) is 115 cm³/mol. The summed E-state index contributed by atoms with van der Waals surface area (Å²) in [4.78, 5) is 39.2. The van der Waals surface area contributed by atoms with Gasteiger partial charge in [0.1, 0.15) is 24.8 Å². The number of nitrogens with zero attached hydrogens (tertiary/aromatic N) is 1. The van der Waals surface area contributed by atoms with Crippen LogP contribution in [-0.4, -0.2) is 48.5 Å². The molecule has 1 saturated heterocycles. The van der Waals surface area contributed by atoms with E-state index in [2.05, 4.69) is 10.6 Å². The molecule has 2 heterocycles. The molecule has 0 radical (unpaired) electrons. The van der Waals surface area contributed by atoms with E-state index < -0.39 is 23.4 Å². The Morgan fingerprint density at radius 1 is 1.16 bits per heavy atom. The van der Waals surface area contributed by atoms with Crippen molar-refractivity contribution in [1.82, 2.24) is 15.5 Å². The number of rotatable bonds is 5. The number of hydrogen-bond donors (Lipinski definition) is 2. The van der Waals surface area contributed by atoms with Gasteiger partial charge in [-0.3, -0.25) is 14.5 Å². The van der Waals surface area contributed by atoms with Gasteiger partial charge in [0.25, 0.3) is 5.91 Å². The fourth-order valence-electron chi connectivity index (χ4n) is 4.51. The molecule has 4 amide bonds. The Morgan fingerprint density at radius 3 is 2.78 bits per heavy atom. The minimum atomic E-state index is -1.18. The lowest BCUT2D eigenvalue weighted by Crippen LogP contribution is -2.46. The number of aryl methyl sites for hydroxylation is 2. The summed E-state index contributed by atoms with van der Waals surface area (Å²) in [6.45, 7) is 1.84. The van der Waals surface area contributed by atoms with E-state index in [0.717, 1.165) is 29.7 Å². The fraction of sp³-hybridized carbons (Fsp3) is 0.375. The standard InChI is InChI=1S/C24H25N3O5/c1-24(17-10-9-15-5-4-6-16(15)11-17)22(29)27(23(30)26-24)13-21(28)25-12-18-14-31-19-7-2-3-8-20(19)32-18/h2-3,7-11,18H,4-6,12-14H2,1H3,(H,25,28)(H,26,30)/t18-,24-/m0/s1. The summed E-state index contributed by atoms with van der Waals surface area (Å²) in [6.07, 6.45) is 2.77. The third kappa shape index (κ3) is 3.55. The van der Waals surface area contributed by atoms with Gasteiger partial charge in [0.05, 0.1) is 6.54 Å². The molecule has 0 saturated carbocycles. The zero-order valence-corrected chi connectivity index (χ0v) is 17.8. The molecule has 2 aromatic rings. The lowest BCUT2D eigenvalue weighted by Gasteiger charge is -2.26. The molecule has 166 valence electrons. The number of imide groups is 1. The van der Waals surface area contributed by atoms with Crippen LogP contribution in [0.2, 0.25) is 0 Å². The lowest BCUT2D eigenvalue weighted by atomic mass is 9.89. The molecule has 2 aliphatic heterocycles. The van der Waals surface area contributed by atoms with Crippen LogP contribution >= 0.6 is 0 Å². The number of benzene rings is 2. The van der Waals surface area contributed by atoms with Crippen LogP contribution in [-0.2, 0) is 28.0 Å². The average molecular weight is 435 g/mol. The van der Waals surface area contributed by atoms with E-state index in [1.54, 1.807) is 13.0 Å². The summed E-state index contributed by atoms with van der Waals surface area (Å²) < 4.78 is 11.5. The van der Waals surface area contributed by atoms with Crippen LogP contribution in [0.25, 0.3) is 0 Å². The highest BCUT2D eigenvalue weighted by molar-refractivity contribution is 6.09. The lowest BCUT2D eigenvalue weighted by molar-refractivity contribution is -0.134. The van der Waals surface area contributed by atoms with E-state index in [0.29, 0.717) is 18.1 Å². The Kier molecular flexibility index (Phi) is 5.00. The Morgan fingerprint density at radius 2 is 1.94 bits per heavy atom. The SMILES string of the molecule is C[C@@]1(c2ccc3c(c2)CCC3)NC(=O)N(CC(=O)NC[C@H]2COc3ccccc3O2)C1=O. The first-order valence-corrected chi connectivity index (χ1v) is 10.9. The van der Waals surface area contributed by atoms with Crippen LogP contribution in [0.15, 0.2) is 42.5 Å². The van der Waals surface area contributed by atoms with Crippen LogP contribution in [0.1, 0.15) is 30.0 Å². The van der Waals surface area contributed by atoms with Crippen molar-refractivity contribution in [3.63, 3.8) is 0 Å². The molecule has 5 rings (SSSR count). The van der Waals surface area contributed by atoms with Crippen LogP contribution in [0.4, 0.5) is 4.79 Å². The molecule has 1 aliphatic carbocycles. The molecule has 0 bridgehead atoms. The molecule has 0 unspecified atom stereocenters. The minimum Gasteiger partial charge on any atom is -0.486 e. The van der Waals surface area contributed by atoms with Crippen LogP contribution in [0.3, 0.4) is 0 Å². The number of nitrogens with one attached hydrogen (secondary N) is 2. The van der Waals surface area contributed by atoms with E-state index in [1.165, 1.54) is 11.1 Å². The topological polar surface area (TPSA) is 97.0 Å². The summed E-state index contributed by atoms with van der Waals surface area (Å²) >= 11 is 0. The van der Waals surface area contributed by atoms with E-state index in [-0.39, 0.29) is 19.2 Å². The number of para-hydroxylation sites is 2. The Balaban J connectivity index is 1.21. The summed E-state index contributed by atoms with van der Waals surface area (Å²) in [5.41, 5.74) is 2.07. The molecule has 2 atom stereocenters. The first-order chi connectivity index (χ1) is 15.4. The molecule has 8 heteroatoms. The number of amides is 4. The Bertz CT molecular complexity index is 1100. The molecule has 0 spiro atoms. The van der Waals surface area contributed by atoms with Gasteiger partial charge in [-0.25, -0.2) is 4.79 Å². The third-order valence-corrected chi connectivity index (χ3v) is 6.35. The number of carbonyl (C=O) groups is 3. The second-order valence-corrected chi connectivity index (χ2v) is 8.59. The largest absolute Gasteiger partial charge is 0.486 e. The van der Waals surface area contributed by atoms with Crippen molar-refractivity contribution >= 4 is 17.8 Å². The zero-order chi connectivity index (χ0) is 22.3. The molecule has 2 aromatic carbocycles. The number of carbonyl (C=O) groups excluding carboxylic acids is 3. The highest BCUT2D eigenvalue weighted by Gasteiger charge is 2.49. The minimum absolute atomic E-state index is 0.207. The fourth-order valence-corrected chi connectivity index (χ4v) is 4.51. The third-order valence-electron chi connectivity index (χ3n) is 6.35. The highest BCUT2D eigenvalue weighted by atomic mass is 16.6. The first-order valence-electron chi connectivity index (χ1n) is 10.9. The molecule has 8 nitrogen and oxygen atoms in total. The van der Waals surface area contributed by atoms with Gasteiger partial charge < -0.3 is 20.1 Å². The van der Waals surface area contributed by atoms with Gasteiger partial charge in [0, 0.05) is 0 Å². The van der Waals surface area contributed by atoms with Crippen molar-refractivity contribution in [3.05, 3.63) is 59.2 Å². The smallest absolute Gasteiger partial charge is 0.325 e. The van der Waals surface area contributed by atoms with Gasteiger partial charge in [-0.15, -0.1) is 0 Å². The van der Waals surface area contributed by atoms with Crippen molar-refractivity contribution in [2.75, 3.05) is 19.7 Å². The van der Waals surface area contributed by atoms with Crippen molar-refractivity contribution in [2.45, 2.75) is 37.8 Å². The molecule has 0 aromatic heterocycles. The van der Waals surface area contributed by atoms with Crippen LogP contribution in [0, 0.1) is 0 Å². The zero-order valence-electron chi connectivity index (χ0n) is 17.8. The Hall–Kier alpha value is -3.55. The van der Waals surface area contributed by atoms with E-state index in [9.17, 15) is 14.4 Å². The summed E-state index contributed by atoms with van der Waals surface area (Å²) in [5, 5.41) is 5.51. The van der Waals surface area contributed by atoms with Gasteiger partial charge in [0.2, 0.25) is 5.91 Å². The van der Waals surface area contributed by atoms with Crippen molar-refractivity contribution in [2.24, 2.45) is 0 Å². The quantitative estimate of drug-likeness (QED) is 0.700. The van der Waals surface area contributed by atoms with E-state index >= 15 is 0 Å².